The zero-order chi connectivity index (χ0) is 24.1. The molecule has 1 N–H and O–H groups in total. The Morgan fingerprint density at radius 3 is 2.74 bits per heavy atom. The Hall–Kier alpha value is -3.62. The molecule has 178 valence electrons. The Balaban J connectivity index is 1.47. The van der Waals surface area contributed by atoms with Crippen molar-refractivity contribution in [3.05, 3.63) is 53.6 Å². The summed E-state index contributed by atoms with van der Waals surface area (Å²) in [7, 11) is 1.75. The van der Waals surface area contributed by atoms with Gasteiger partial charge in [0.1, 0.15) is 24.5 Å². The fourth-order valence-corrected chi connectivity index (χ4v) is 4.18. The van der Waals surface area contributed by atoms with Crippen molar-refractivity contribution in [1.29, 1.82) is 0 Å². The van der Waals surface area contributed by atoms with Crippen LogP contribution in [0.4, 0.5) is 10.2 Å². The van der Waals surface area contributed by atoms with E-state index >= 15 is 0 Å². The summed E-state index contributed by atoms with van der Waals surface area (Å²) >= 11 is 0. The van der Waals surface area contributed by atoms with Crippen LogP contribution >= 0.6 is 0 Å². The van der Waals surface area contributed by atoms with Crippen LogP contribution in [0.5, 0.6) is 0 Å². The maximum Gasteiger partial charge on any atom is 0.270 e. The van der Waals surface area contributed by atoms with Gasteiger partial charge in [-0.25, -0.2) is 9.37 Å². The molecule has 0 aromatic carbocycles. The van der Waals surface area contributed by atoms with Gasteiger partial charge in [0, 0.05) is 48.7 Å². The topological polar surface area (TPSA) is 95.5 Å². The summed E-state index contributed by atoms with van der Waals surface area (Å²) in [5.74, 6) is -0.198. The Labute approximate surface area is 197 Å². The molecule has 1 aliphatic heterocycles. The lowest BCUT2D eigenvalue weighted by Crippen LogP contribution is -2.41. The third kappa shape index (κ3) is 5.30. The van der Waals surface area contributed by atoms with Gasteiger partial charge in [-0.15, -0.1) is 0 Å². The smallest absolute Gasteiger partial charge is 0.270 e. The van der Waals surface area contributed by atoms with Crippen molar-refractivity contribution in [2.24, 2.45) is 0 Å². The number of allylic oxidation sites excluding steroid dienone is 1. The van der Waals surface area contributed by atoms with Crippen LogP contribution in [-0.2, 0) is 21.1 Å². The molecular formula is C25H28FN5O3. The van der Waals surface area contributed by atoms with E-state index in [0.29, 0.717) is 46.9 Å². The van der Waals surface area contributed by atoms with Crippen LogP contribution in [0.15, 0.2) is 47.9 Å². The Bertz CT molecular complexity index is 1100. The molecule has 9 heteroatoms. The van der Waals surface area contributed by atoms with Gasteiger partial charge in [-0.1, -0.05) is 6.07 Å². The van der Waals surface area contributed by atoms with E-state index in [4.69, 9.17) is 0 Å². The summed E-state index contributed by atoms with van der Waals surface area (Å²) < 4.78 is 13.2. The molecule has 0 unspecified atom stereocenters. The lowest BCUT2D eigenvalue weighted by Gasteiger charge is -2.29. The highest BCUT2D eigenvalue weighted by atomic mass is 19.1. The maximum atomic E-state index is 13.2. The van der Waals surface area contributed by atoms with Crippen LogP contribution in [-0.4, -0.2) is 64.0 Å². The lowest BCUT2D eigenvalue weighted by molar-refractivity contribution is -0.128. The molecule has 0 radical (unpaired) electrons. The largest absolute Gasteiger partial charge is 0.357 e. The minimum absolute atomic E-state index is 0.0606. The summed E-state index contributed by atoms with van der Waals surface area (Å²) in [5.41, 5.74) is 2.45. The molecule has 3 heterocycles. The van der Waals surface area contributed by atoms with Gasteiger partial charge in [-0.2, -0.15) is 0 Å². The van der Waals surface area contributed by atoms with Gasteiger partial charge in [0.25, 0.3) is 5.91 Å². The average Bonchev–Trinajstić information content (AvgIpc) is 3.71. The van der Waals surface area contributed by atoms with Gasteiger partial charge in [0.05, 0.1) is 12.2 Å². The highest BCUT2D eigenvalue weighted by molar-refractivity contribution is 6.00. The van der Waals surface area contributed by atoms with E-state index in [-0.39, 0.29) is 24.4 Å². The number of nitrogens with one attached hydrogen (secondary N) is 1. The highest BCUT2D eigenvalue weighted by Gasteiger charge is 2.35. The van der Waals surface area contributed by atoms with Crippen LogP contribution in [0, 0.1) is 0 Å². The van der Waals surface area contributed by atoms with Crippen molar-refractivity contribution in [3.8, 4) is 11.1 Å². The molecule has 2 aliphatic rings. The minimum Gasteiger partial charge on any atom is -0.357 e. The number of anilines is 1. The molecule has 1 saturated carbocycles. The highest BCUT2D eigenvalue weighted by Crippen LogP contribution is 2.29. The van der Waals surface area contributed by atoms with Crippen molar-refractivity contribution < 1.29 is 18.8 Å². The fraction of sp³-hybridized carbons (Fsp3) is 0.400. The Kier molecular flexibility index (Phi) is 7.30. The summed E-state index contributed by atoms with van der Waals surface area (Å²) in [6.07, 6.45) is 7.85. The summed E-state index contributed by atoms with van der Waals surface area (Å²) in [5, 5.41) is 2.76. The molecule has 2 amide bonds. The molecule has 34 heavy (non-hydrogen) atoms. The van der Waals surface area contributed by atoms with Crippen LogP contribution in [0.3, 0.4) is 0 Å². The summed E-state index contributed by atoms with van der Waals surface area (Å²) in [6.45, 7) is -0.226. The quantitative estimate of drug-likeness (QED) is 0.602. The van der Waals surface area contributed by atoms with Crippen molar-refractivity contribution in [3.63, 3.8) is 0 Å². The zero-order valence-electron chi connectivity index (χ0n) is 19.2. The summed E-state index contributed by atoms with van der Waals surface area (Å²) in [4.78, 5) is 49.5. The molecule has 0 spiro atoms. The molecule has 2 aromatic rings. The molecule has 1 fully saturated rings. The second kappa shape index (κ2) is 10.5. The molecule has 2 aromatic heterocycles. The second-order valence-corrected chi connectivity index (χ2v) is 8.63. The van der Waals surface area contributed by atoms with Crippen LogP contribution < -0.4 is 5.32 Å². The number of aldehydes is 1. The molecule has 0 bridgehead atoms. The Morgan fingerprint density at radius 2 is 2.06 bits per heavy atom. The normalized spacial score (nSPS) is 16.1. The zero-order valence-corrected chi connectivity index (χ0v) is 19.2. The van der Waals surface area contributed by atoms with E-state index in [1.165, 1.54) is 6.20 Å². The van der Waals surface area contributed by atoms with Crippen molar-refractivity contribution in [2.75, 3.05) is 25.5 Å². The molecular weight excluding hydrogens is 437 g/mol. The molecule has 4 rings (SSSR count). The number of carbonyl (C=O) groups is 3. The standard InChI is InChI=1S/C25H28FN5O3/c1-30(19-8-9-19)25(34)24-18(16-32)5-2-3-12-31(24)15-23(33)29-22-10-7-17(14-28-22)20-6-4-11-27-21(20)13-26/h4,6-7,10-11,14,16,19H,2-3,5,8-9,12-13,15H2,1H3,(H,28,29,33). The number of carbonyl (C=O) groups excluding carboxylic acids is 3. The third-order valence-electron chi connectivity index (χ3n) is 6.20. The minimum atomic E-state index is -0.683. The van der Waals surface area contributed by atoms with Gasteiger partial charge in [0.2, 0.25) is 5.91 Å². The van der Waals surface area contributed by atoms with E-state index in [0.717, 1.165) is 32.0 Å². The van der Waals surface area contributed by atoms with Crippen molar-refractivity contribution in [1.82, 2.24) is 19.8 Å². The van der Waals surface area contributed by atoms with E-state index in [9.17, 15) is 18.8 Å². The number of amides is 2. The average molecular weight is 466 g/mol. The molecule has 0 atom stereocenters. The van der Waals surface area contributed by atoms with Crippen molar-refractivity contribution in [2.45, 2.75) is 44.8 Å². The second-order valence-electron chi connectivity index (χ2n) is 8.63. The fourth-order valence-electron chi connectivity index (χ4n) is 4.18. The number of likely N-dealkylation sites (N-methyl/N-ethyl adjacent to an activating group) is 1. The first-order chi connectivity index (χ1) is 16.5. The van der Waals surface area contributed by atoms with Gasteiger partial charge in [-0.3, -0.25) is 19.4 Å². The predicted molar refractivity (Wildman–Crippen MR) is 125 cm³/mol. The van der Waals surface area contributed by atoms with Gasteiger partial charge >= 0.3 is 0 Å². The molecule has 1 aliphatic carbocycles. The lowest BCUT2D eigenvalue weighted by atomic mass is 10.1. The monoisotopic (exact) mass is 465 g/mol. The van der Waals surface area contributed by atoms with Gasteiger partial charge in [0.15, 0.2) is 0 Å². The SMILES string of the molecule is CN(C(=O)C1=C(C=O)CCCCN1CC(=O)Nc1ccc(-c2cccnc2CF)cn1)C1CC1. The van der Waals surface area contributed by atoms with E-state index in [1.807, 2.05) is 0 Å². The predicted octanol–water partition coefficient (Wildman–Crippen LogP) is 3.11. The van der Waals surface area contributed by atoms with Crippen LogP contribution in [0.1, 0.15) is 37.8 Å². The number of pyridine rings is 2. The third-order valence-corrected chi connectivity index (χ3v) is 6.20. The number of nitrogens with zero attached hydrogens (tertiary/aromatic N) is 4. The van der Waals surface area contributed by atoms with Crippen molar-refractivity contribution >= 4 is 23.9 Å². The number of hydrogen-bond acceptors (Lipinski definition) is 6. The number of aromatic nitrogens is 2. The van der Waals surface area contributed by atoms with Crippen LogP contribution in [0.25, 0.3) is 11.1 Å². The first-order valence-corrected chi connectivity index (χ1v) is 11.5. The van der Waals surface area contributed by atoms with E-state index < -0.39 is 6.67 Å². The molecule has 8 nitrogen and oxygen atoms in total. The molecule has 0 saturated heterocycles. The number of hydrogen-bond donors (Lipinski definition) is 1. The number of alkyl halides is 1. The van der Waals surface area contributed by atoms with Crippen LogP contribution in [0.2, 0.25) is 0 Å². The maximum absolute atomic E-state index is 13.2. The van der Waals surface area contributed by atoms with Gasteiger partial charge < -0.3 is 15.1 Å². The number of halogens is 1. The first-order valence-electron chi connectivity index (χ1n) is 11.5. The number of rotatable bonds is 8. The Morgan fingerprint density at radius 1 is 1.24 bits per heavy atom. The van der Waals surface area contributed by atoms with E-state index in [2.05, 4.69) is 15.3 Å². The van der Waals surface area contributed by atoms with E-state index in [1.54, 1.807) is 47.3 Å². The summed E-state index contributed by atoms with van der Waals surface area (Å²) in [6, 6.07) is 7.09. The van der Waals surface area contributed by atoms with Gasteiger partial charge in [-0.05, 0) is 50.3 Å². The first kappa shape index (κ1) is 23.5.